The lowest BCUT2D eigenvalue weighted by Crippen LogP contribution is -2.47. The molecule has 98 valence electrons. The third-order valence-electron chi connectivity index (χ3n) is 3.89. The molecule has 2 aliphatic heterocycles. The van der Waals surface area contributed by atoms with Gasteiger partial charge in [-0.1, -0.05) is 0 Å². The summed E-state index contributed by atoms with van der Waals surface area (Å²) in [5.74, 6) is 0.0834. The van der Waals surface area contributed by atoms with E-state index in [2.05, 4.69) is 26.6 Å². The Hall–Kier alpha value is -0.390. The monoisotopic (exact) mass is 328 g/mol. The van der Waals surface area contributed by atoms with Gasteiger partial charge in [-0.15, -0.1) is 11.3 Å². The van der Waals surface area contributed by atoms with Crippen LogP contribution in [0.1, 0.15) is 40.9 Å². The van der Waals surface area contributed by atoms with E-state index in [0.717, 1.165) is 27.1 Å². The largest absolute Gasteiger partial charge is 0.348 e. The van der Waals surface area contributed by atoms with E-state index in [4.69, 9.17) is 0 Å². The Labute approximate surface area is 119 Å². The second-order valence-corrected chi connectivity index (χ2v) is 7.72. The molecule has 2 fully saturated rings. The molecule has 1 amide bonds. The van der Waals surface area contributed by atoms with Gasteiger partial charge in [-0.3, -0.25) is 4.79 Å². The lowest BCUT2D eigenvalue weighted by atomic mass is 10.00. The van der Waals surface area contributed by atoms with E-state index in [9.17, 15) is 4.79 Å². The van der Waals surface area contributed by atoms with Gasteiger partial charge in [-0.2, -0.15) is 0 Å². The van der Waals surface area contributed by atoms with Crippen molar-refractivity contribution in [3.63, 3.8) is 0 Å². The fourth-order valence-electron chi connectivity index (χ4n) is 3.00. The fraction of sp³-hybridized carbons (Fsp3) is 0.615. The maximum Gasteiger partial charge on any atom is 0.261 e. The van der Waals surface area contributed by atoms with Gasteiger partial charge in [0, 0.05) is 18.1 Å². The van der Waals surface area contributed by atoms with Crippen molar-refractivity contribution in [1.29, 1.82) is 0 Å². The standard InChI is InChI=1S/C13H17BrN2OS/c1-7-4-11(18-12(7)14)13(17)16-10-5-8-2-3-9(6-10)15-8/h4,8-10,15H,2-3,5-6H2,1H3,(H,16,17). The van der Waals surface area contributed by atoms with Crippen LogP contribution in [-0.2, 0) is 0 Å². The average molecular weight is 329 g/mol. The summed E-state index contributed by atoms with van der Waals surface area (Å²) >= 11 is 4.98. The van der Waals surface area contributed by atoms with Crippen molar-refractivity contribution in [2.24, 2.45) is 0 Å². The lowest BCUT2D eigenvalue weighted by Gasteiger charge is -2.29. The van der Waals surface area contributed by atoms with E-state index < -0.39 is 0 Å². The van der Waals surface area contributed by atoms with Crippen molar-refractivity contribution in [3.8, 4) is 0 Å². The van der Waals surface area contributed by atoms with Gasteiger partial charge in [0.1, 0.15) is 0 Å². The number of nitrogens with one attached hydrogen (secondary N) is 2. The van der Waals surface area contributed by atoms with Crippen LogP contribution in [0.4, 0.5) is 0 Å². The number of amides is 1. The maximum absolute atomic E-state index is 12.2. The Morgan fingerprint density at radius 2 is 2.11 bits per heavy atom. The highest BCUT2D eigenvalue weighted by Gasteiger charge is 2.34. The molecule has 2 atom stereocenters. The Bertz CT molecular complexity index is 442. The quantitative estimate of drug-likeness (QED) is 0.876. The summed E-state index contributed by atoms with van der Waals surface area (Å²) < 4.78 is 1.05. The van der Waals surface area contributed by atoms with Gasteiger partial charge in [0.05, 0.1) is 8.66 Å². The number of carbonyl (C=O) groups is 1. The van der Waals surface area contributed by atoms with E-state index in [1.54, 1.807) is 0 Å². The van der Waals surface area contributed by atoms with Crippen molar-refractivity contribution in [3.05, 3.63) is 20.3 Å². The molecule has 3 rings (SSSR count). The van der Waals surface area contributed by atoms with Crippen molar-refractivity contribution in [1.82, 2.24) is 10.6 Å². The summed E-state index contributed by atoms with van der Waals surface area (Å²) in [6, 6.07) is 3.54. The molecule has 18 heavy (non-hydrogen) atoms. The second kappa shape index (κ2) is 4.94. The molecule has 1 aromatic rings. The van der Waals surface area contributed by atoms with E-state index in [0.29, 0.717) is 18.1 Å². The number of halogens is 1. The minimum Gasteiger partial charge on any atom is -0.348 e. The van der Waals surface area contributed by atoms with Gasteiger partial charge in [-0.25, -0.2) is 0 Å². The smallest absolute Gasteiger partial charge is 0.261 e. The van der Waals surface area contributed by atoms with Crippen molar-refractivity contribution in [2.45, 2.75) is 50.7 Å². The van der Waals surface area contributed by atoms with Crippen LogP contribution in [0, 0.1) is 6.92 Å². The zero-order valence-corrected chi connectivity index (χ0v) is 12.7. The average Bonchev–Trinajstić information content (AvgIpc) is 2.83. The number of fused-ring (bicyclic) bond motifs is 2. The maximum atomic E-state index is 12.2. The third kappa shape index (κ3) is 2.49. The van der Waals surface area contributed by atoms with Crippen LogP contribution in [0.2, 0.25) is 0 Å². The molecule has 0 radical (unpaired) electrons. The molecule has 3 nitrogen and oxygen atoms in total. The van der Waals surface area contributed by atoms with Gasteiger partial charge in [0.25, 0.3) is 5.91 Å². The summed E-state index contributed by atoms with van der Waals surface area (Å²) in [5.41, 5.74) is 1.13. The topological polar surface area (TPSA) is 41.1 Å². The number of aryl methyl sites for hydroxylation is 1. The number of carbonyl (C=O) groups excluding carboxylic acids is 1. The van der Waals surface area contributed by atoms with Crippen LogP contribution in [0.25, 0.3) is 0 Å². The van der Waals surface area contributed by atoms with Crippen molar-refractivity contribution in [2.75, 3.05) is 0 Å². The predicted octanol–water partition coefficient (Wildman–Crippen LogP) is 2.83. The molecule has 5 heteroatoms. The highest BCUT2D eigenvalue weighted by atomic mass is 79.9. The predicted molar refractivity (Wildman–Crippen MR) is 77.2 cm³/mol. The van der Waals surface area contributed by atoms with Gasteiger partial charge in [0.15, 0.2) is 0 Å². The zero-order valence-electron chi connectivity index (χ0n) is 10.3. The first-order chi connectivity index (χ1) is 8.61. The summed E-state index contributed by atoms with van der Waals surface area (Å²) in [7, 11) is 0. The van der Waals surface area contributed by atoms with Crippen molar-refractivity contribution >= 4 is 33.2 Å². The van der Waals surface area contributed by atoms with E-state index in [1.807, 2.05) is 13.0 Å². The molecule has 2 aliphatic rings. The first-order valence-electron chi connectivity index (χ1n) is 6.44. The second-order valence-electron chi connectivity index (χ2n) is 5.35. The first-order valence-corrected chi connectivity index (χ1v) is 8.05. The Kier molecular flexibility index (Phi) is 3.47. The first kappa shape index (κ1) is 12.6. The molecule has 0 saturated carbocycles. The molecule has 2 bridgehead atoms. The van der Waals surface area contributed by atoms with Gasteiger partial charge < -0.3 is 10.6 Å². The minimum absolute atomic E-state index is 0.0834. The van der Waals surface area contributed by atoms with E-state index >= 15 is 0 Å². The van der Waals surface area contributed by atoms with Crippen LogP contribution in [0.15, 0.2) is 9.85 Å². The molecule has 1 aromatic heterocycles. The Morgan fingerprint density at radius 3 is 2.67 bits per heavy atom. The molecule has 2 N–H and O–H groups in total. The number of rotatable bonds is 2. The highest BCUT2D eigenvalue weighted by Crippen LogP contribution is 2.29. The molecular weight excluding hydrogens is 312 g/mol. The van der Waals surface area contributed by atoms with Crippen LogP contribution >= 0.6 is 27.3 Å². The molecule has 0 aromatic carbocycles. The number of piperidine rings is 1. The SMILES string of the molecule is Cc1cc(C(=O)NC2CC3CCC(C2)N3)sc1Br. The highest BCUT2D eigenvalue weighted by molar-refractivity contribution is 9.11. The Balaban J connectivity index is 1.64. The van der Waals surface area contributed by atoms with Crippen LogP contribution < -0.4 is 10.6 Å². The van der Waals surface area contributed by atoms with Gasteiger partial charge >= 0.3 is 0 Å². The van der Waals surface area contributed by atoms with Gasteiger partial charge in [-0.05, 0) is 60.2 Å². The lowest BCUT2D eigenvalue weighted by molar-refractivity contribution is 0.0928. The molecule has 2 unspecified atom stereocenters. The molecule has 0 spiro atoms. The fourth-order valence-corrected chi connectivity index (χ4v) is 4.44. The summed E-state index contributed by atoms with van der Waals surface area (Å²) in [5, 5.41) is 6.78. The molecule has 3 heterocycles. The number of hydrogen-bond acceptors (Lipinski definition) is 3. The normalized spacial score (nSPS) is 30.4. The summed E-state index contributed by atoms with van der Waals surface area (Å²) in [6.07, 6.45) is 4.68. The number of hydrogen-bond donors (Lipinski definition) is 2. The van der Waals surface area contributed by atoms with Gasteiger partial charge in [0.2, 0.25) is 0 Å². The van der Waals surface area contributed by atoms with E-state index in [1.165, 1.54) is 24.2 Å². The summed E-state index contributed by atoms with van der Waals surface area (Å²) in [4.78, 5) is 13.0. The molecule has 2 saturated heterocycles. The van der Waals surface area contributed by atoms with Crippen molar-refractivity contribution < 1.29 is 4.79 Å². The minimum atomic E-state index is 0.0834. The molecular formula is C13H17BrN2OS. The zero-order chi connectivity index (χ0) is 12.7. The van der Waals surface area contributed by atoms with E-state index in [-0.39, 0.29) is 5.91 Å². The van der Waals surface area contributed by atoms with Crippen LogP contribution in [0.3, 0.4) is 0 Å². The summed E-state index contributed by atoms with van der Waals surface area (Å²) in [6.45, 7) is 2.02. The molecule has 0 aliphatic carbocycles. The third-order valence-corrected chi connectivity index (χ3v) is 6.02. The van der Waals surface area contributed by atoms with Crippen LogP contribution in [0.5, 0.6) is 0 Å². The van der Waals surface area contributed by atoms with Crippen LogP contribution in [-0.4, -0.2) is 24.0 Å². The Morgan fingerprint density at radius 1 is 1.44 bits per heavy atom. The number of thiophene rings is 1.